The molecule has 20 heavy (non-hydrogen) atoms. The second-order valence-corrected chi connectivity index (χ2v) is 6.25. The van der Waals surface area contributed by atoms with Crippen LogP contribution in [-0.2, 0) is 4.79 Å². The number of carbonyl (C=O) groups excluding carboxylic acids is 1. The third-order valence-electron chi connectivity index (χ3n) is 4.47. The molecule has 1 aliphatic carbocycles. The lowest BCUT2D eigenvalue weighted by molar-refractivity contribution is -0.137. The molecule has 2 amide bonds. The van der Waals surface area contributed by atoms with Crippen molar-refractivity contribution >= 4 is 12.0 Å². The van der Waals surface area contributed by atoms with Crippen molar-refractivity contribution in [2.75, 3.05) is 6.54 Å². The predicted octanol–water partition coefficient (Wildman–Crippen LogP) is 2.71. The molecule has 0 aliphatic heterocycles. The lowest BCUT2D eigenvalue weighted by atomic mass is 9.78. The summed E-state index contributed by atoms with van der Waals surface area (Å²) in [4.78, 5) is 24.6. The fourth-order valence-corrected chi connectivity index (χ4v) is 2.84. The van der Waals surface area contributed by atoms with Crippen LogP contribution in [0, 0.1) is 11.8 Å². The number of carboxylic acids is 1. The molecule has 5 nitrogen and oxygen atoms in total. The predicted molar refractivity (Wildman–Crippen MR) is 78.6 cm³/mol. The molecule has 5 heteroatoms. The summed E-state index contributed by atoms with van der Waals surface area (Å²) < 4.78 is 0. The molecule has 3 unspecified atom stereocenters. The molecule has 116 valence electrons. The first-order valence-corrected chi connectivity index (χ1v) is 7.61. The van der Waals surface area contributed by atoms with Crippen LogP contribution in [0.3, 0.4) is 0 Å². The molecule has 3 atom stereocenters. The molecule has 1 rings (SSSR count). The number of urea groups is 1. The first-order chi connectivity index (χ1) is 9.32. The van der Waals surface area contributed by atoms with E-state index in [0.717, 1.165) is 12.8 Å². The van der Waals surface area contributed by atoms with Crippen LogP contribution in [0.1, 0.15) is 53.4 Å². The van der Waals surface area contributed by atoms with Crippen molar-refractivity contribution in [2.45, 2.75) is 65.5 Å². The molecule has 0 bridgehead atoms. The number of hydrogen-bond donors (Lipinski definition) is 2. The summed E-state index contributed by atoms with van der Waals surface area (Å²) >= 11 is 0. The maximum Gasteiger partial charge on any atom is 0.317 e. The van der Waals surface area contributed by atoms with Gasteiger partial charge >= 0.3 is 12.0 Å². The Kier molecular flexibility index (Phi) is 6.30. The summed E-state index contributed by atoms with van der Waals surface area (Å²) in [5, 5.41) is 11.9. The largest absolute Gasteiger partial charge is 0.481 e. The molecule has 1 fully saturated rings. The van der Waals surface area contributed by atoms with Crippen molar-refractivity contribution in [2.24, 2.45) is 11.8 Å². The van der Waals surface area contributed by atoms with Gasteiger partial charge in [-0.1, -0.05) is 26.7 Å². The fourth-order valence-electron chi connectivity index (χ4n) is 2.84. The standard InChI is InChI=1S/C15H28N2O3/c1-10(2)17(9-8-14(18)19)15(20)16-13-7-5-6-11(3)12(13)4/h10-13H,5-9H2,1-4H3,(H,16,20)(H,18,19). The third-order valence-corrected chi connectivity index (χ3v) is 4.47. The summed E-state index contributed by atoms with van der Waals surface area (Å²) in [5.41, 5.74) is 0. The molecule has 0 spiro atoms. The first-order valence-electron chi connectivity index (χ1n) is 7.61. The zero-order valence-corrected chi connectivity index (χ0v) is 13.1. The summed E-state index contributed by atoms with van der Waals surface area (Å²) in [5.74, 6) is 0.227. The molecule has 0 heterocycles. The van der Waals surface area contributed by atoms with Crippen molar-refractivity contribution in [3.63, 3.8) is 0 Å². The van der Waals surface area contributed by atoms with Gasteiger partial charge in [0.2, 0.25) is 0 Å². The normalized spacial score (nSPS) is 26.4. The van der Waals surface area contributed by atoms with Crippen LogP contribution < -0.4 is 5.32 Å². The average Bonchev–Trinajstić information content (AvgIpc) is 2.34. The van der Waals surface area contributed by atoms with E-state index in [1.165, 1.54) is 6.42 Å². The van der Waals surface area contributed by atoms with Gasteiger partial charge in [-0.2, -0.15) is 0 Å². The molecular formula is C15H28N2O3. The van der Waals surface area contributed by atoms with Crippen molar-refractivity contribution in [1.29, 1.82) is 0 Å². The van der Waals surface area contributed by atoms with Crippen LogP contribution in [0.4, 0.5) is 4.79 Å². The van der Waals surface area contributed by atoms with Gasteiger partial charge in [-0.15, -0.1) is 0 Å². The molecule has 0 aromatic heterocycles. The van der Waals surface area contributed by atoms with Gasteiger partial charge in [0.05, 0.1) is 6.42 Å². The summed E-state index contributed by atoms with van der Waals surface area (Å²) in [7, 11) is 0. The Morgan fingerprint density at radius 3 is 2.50 bits per heavy atom. The van der Waals surface area contributed by atoms with Crippen molar-refractivity contribution in [3.05, 3.63) is 0 Å². The lowest BCUT2D eigenvalue weighted by Gasteiger charge is -2.36. The quantitative estimate of drug-likeness (QED) is 0.815. The first kappa shape index (κ1) is 16.8. The minimum absolute atomic E-state index is 0.00525. The van der Waals surface area contributed by atoms with E-state index in [9.17, 15) is 9.59 Å². The Labute approximate surface area is 121 Å². The van der Waals surface area contributed by atoms with Crippen LogP contribution in [0.15, 0.2) is 0 Å². The molecule has 0 saturated heterocycles. The number of aliphatic carboxylic acids is 1. The number of carbonyl (C=O) groups is 2. The second kappa shape index (κ2) is 7.50. The van der Waals surface area contributed by atoms with Crippen molar-refractivity contribution in [3.8, 4) is 0 Å². The van der Waals surface area contributed by atoms with Gasteiger partial charge < -0.3 is 15.3 Å². The van der Waals surface area contributed by atoms with Crippen LogP contribution in [0.5, 0.6) is 0 Å². The monoisotopic (exact) mass is 284 g/mol. The molecule has 1 saturated carbocycles. The molecule has 2 N–H and O–H groups in total. The zero-order chi connectivity index (χ0) is 15.3. The van der Waals surface area contributed by atoms with E-state index < -0.39 is 5.97 Å². The highest BCUT2D eigenvalue weighted by Gasteiger charge is 2.29. The highest BCUT2D eigenvalue weighted by Crippen LogP contribution is 2.29. The van der Waals surface area contributed by atoms with Crippen LogP contribution >= 0.6 is 0 Å². The topological polar surface area (TPSA) is 69.6 Å². The number of amides is 2. The Hall–Kier alpha value is -1.26. The highest BCUT2D eigenvalue weighted by atomic mass is 16.4. The van der Waals surface area contributed by atoms with E-state index in [-0.39, 0.29) is 31.1 Å². The van der Waals surface area contributed by atoms with Gasteiger partial charge in [0, 0.05) is 18.6 Å². The van der Waals surface area contributed by atoms with E-state index in [1.807, 2.05) is 13.8 Å². The van der Waals surface area contributed by atoms with Gasteiger partial charge in [-0.25, -0.2) is 4.79 Å². The number of carboxylic acid groups (broad SMARTS) is 1. The summed E-state index contributed by atoms with van der Waals surface area (Å²) in [6, 6.07) is 0.0789. The molecule has 0 aromatic carbocycles. The number of hydrogen-bond acceptors (Lipinski definition) is 2. The van der Waals surface area contributed by atoms with Crippen molar-refractivity contribution < 1.29 is 14.7 Å². The fraction of sp³-hybridized carbons (Fsp3) is 0.867. The zero-order valence-electron chi connectivity index (χ0n) is 13.1. The van der Waals surface area contributed by atoms with E-state index in [2.05, 4.69) is 19.2 Å². The molecular weight excluding hydrogens is 256 g/mol. The highest BCUT2D eigenvalue weighted by molar-refractivity contribution is 5.76. The van der Waals surface area contributed by atoms with Gasteiger partial charge in [0.25, 0.3) is 0 Å². The number of nitrogens with zero attached hydrogens (tertiary/aromatic N) is 1. The minimum atomic E-state index is -0.872. The number of nitrogens with one attached hydrogen (secondary N) is 1. The second-order valence-electron chi connectivity index (χ2n) is 6.25. The lowest BCUT2D eigenvalue weighted by Crippen LogP contribution is -2.51. The van der Waals surface area contributed by atoms with Gasteiger partial charge in [-0.05, 0) is 32.1 Å². The van der Waals surface area contributed by atoms with Crippen LogP contribution in [0.2, 0.25) is 0 Å². The van der Waals surface area contributed by atoms with Gasteiger partial charge in [0.15, 0.2) is 0 Å². The molecule has 1 aliphatic rings. The van der Waals surface area contributed by atoms with Crippen LogP contribution in [0.25, 0.3) is 0 Å². The van der Waals surface area contributed by atoms with E-state index >= 15 is 0 Å². The molecule has 0 radical (unpaired) electrons. The summed E-state index contributed by atoms with van der Waals surface area (Å²) in [6.45, 7) is 8.50. The number of rotatable bonds is 5. The Balaban J connectivity index is 2.58. The average molecular weight is 284 g/mol. The van der Waals surface area contributed by atoms with E-state index in [0.29, 0.717) is 11.8 Å². The maximum atomic E-state index is 12.3. The Morgan fingerprint density at radius 2 is 1.95 bits per heavy atom. The summed E-state index contributed by atoms with van der Waals surface area (Å²) in [6.07, 6.45) is 3.37. The van der Waals surface area contributed by atoms with E-state index in [1.54, 1.807) is 4.90 Å². The minimum Gasteiger partial charge on any atom is -0.481 e. The smallest absolute Gasteiger partial charge is 0.317 e. The van der Waals surface area contributed by atoms with Crippen LogP contribution in [-0.4, -0.2) is 40.6 Å². The third kappa shape index (κ3) is 4.69. The Morgan fingerprint density at radius 1 is 1.30 bits per heavy atom. The van der Waals surface area contributed by atoms with Crippen molar-refractivity contribution in [1.82, 2.24) is 10.2 Å². The Bertz CT molecular complexity index is 344. The van der Waals surface area contributed by atoms with E-state index in [4.69, 9.17) is 5.11 Å². The van der Waals surface area contributed by atoms with Gasteiger partial charge in [-0.3, -0.25) is 4.79 Å². The SMILES string of the molecule is CC1CCCC(NC(=O)N(CCC(=O)O)C(C)C)C1C. The van der Waals surface area contributed by atoms with Gasteiger partial charge in [0.1, 0.15) is 0 Å². The maximum absolute atomic E-state index is 12.3. The molecule has 0 aromatic rings.